The predicted octanol–water partition coefficient (Wildman–Crippen LogP) is 3.47. The monoisotopic (exact) mass is 478 g/mol. The molecule has 0 aliphatic heterocycles. The molecule has 2 aromatic rings. The molecule has 2 rings (SSSR count). The minimum Gasteiger partial charge on any atom is -0.495 e. The van der Waals surface area contributed by atoms with Crippen molar-refractivity contribution in [3.8, 4) is 5.75 Å². The van der Waals surface area contributed by atoms with Crippen LogP contribution in [0.3, 0.4) is 0 Å². The maximum Gasteiger partial charge on any atom is 0.246 e. The summed E-state index contributed by atoms with van der Waals surface area (Å²) in [6, 6.07) is 10.6. The SMILES string of the molecule is COc1ccc(NC(N)=NCC(=O)Nc2cccc(F)c2)cc1Cl.I. The molecule has 0 saturated carbocycles. The second-order valence-electron chi connectivity index (χ2n) is 4.73. The van der Waals surface area contributed by atoms with Crippen LogP contribution in [0.2, 0.25) is 5.02 Å². The Balaban J connectivity index is 0.00000312. The Labute approximate surface area is 166 Å². The fourth-order valence-electron chi connectivity index (χ4n) is 1.86. The summed E-state index contributed by atoms with van der Waals surface area (Å²) < 4.78 is 18.1. The van der Waals surface area contributed by atoms with Gasteiger partial charge in [-0.05, 0) is 36.4 Å². The van der Waals surface area contributed by atoms with Crippen molar-refractivity contribution >= 4 is 58.8 Å². The van der Waals surface area contributed by atoms with Gasteiger partial charge in [-0.25, -0.2) is 9.38 Å². The molecule has 25 heavy (non-hydrogen) atoms. The molecule has 0 atom stereocenters. The molecule has 134 valence electrons. The molecule has 0 aromatic heterocycles. The highest BCUT2D eigenvalue weighted by molar-refractivity contribution is 14.0. The van der Waals surface area contributed by atoms with Crippen molar-refractivity contribution in [2.24, 2.45) is 10.7 Å². The van der Waals surface area contributed by atoms with E-state index in [9.17, 15) is 9.18 Å². The van der Waals surface area contributed by atoms with Gasteiger partial charge in [-0.1, -0.05) is 17.7 Å². The van der Waals surface area contributed by atoms with Gasteiger partial charge in [-0.15, -0.1) is 24.0 Å². The van der Waals surface area contributed by atoms with Crippen molar-refractivity contribution in [3.63, 3.8) is 0 Å². The average molecular weight is 479 g/mol. The van der Waals surface area contributed by atoms with Crippen LogP contribution >= 0.6 is 35.6 Å². The van der Waals surface area contributed by atoms with Crippen LogP contribution in [0.4, 0.5) is 15.8 Å². The zero-order chi connectivity index (χ0) is 17.5. The van der Waals surface area contributed by atoms with Crippen LogP contribution in [-0.4, -0.2) is 25.5 Å². The third kappa shape index (κ3) is 6.75. The Morgan fingerprint density at radius 1 is 1.24 bits per heavy atom. The number of halogens is 3. The number of hydrogen-bond donors (Lipinski definition) is 3. The Hall–Kier alpha value is -2.07. The van der Waals surface area contributed by atoms with Crippen LogP contribution in [-0.2, 0) is 4.79 Å². The largest absolute Gasteiger partial charge is 0.495 e. The van der Waals surface area contributed by atoms with E-state index in [1.54, 1.807) is 24.3 Å². The van der Waals surface area contributed by atoms with E-state index in [2.05, 4.69) is 15.6 Å². The Morgan fingerprint density at radius 2 is 1.96 bits per heavy atom. The van der Waals surface area contributed by atoms with Gasteiger partial charge < -0.3 is 21.1 Å². The molecule has 0 bridgehead atoms. The third-order valence-electron chi connectivity index (χ3n) is 2.93. The van der Waals surface area contributed by atoms with Gasteiger partial charge in [0.05, 0.1) is 12.1 Å². The molecule has 6 nitrogen and oxygen atoms in total. The summed E-state index contributed by atoms with van der Waals surface area (Å²) in [5.41, 5.74) is 6.67. The summed E-state index contributed by atoms with van der Waals surface area (Å²) in [6.07, 6.45) is 0. The van der Waals surface area contributed by atoms with E-state index in [1.807, 2.05) is 0 Å². The number of nitrogens with one attached hydrogen (secondary N) is 2. The number of carbonyl (C=O) groups excluding carboxylic acids is 1. The van der Waals surface area contributed by atoms with E-state index in [0.717, 1.165) is 0 Å². The highest BCUT2D eigenvalue weighted by Gasteiger charge is 2.05. The minimum atomic E-state index is -0.436. The van der Waals surface area contributed by atoms with Crippen molar-refractivity contribution in [1.29, 1.82) is 0 Å². The second kappa shape index (κ2) is 10.0. The molecule has 0 radical (unpaired) electrons. The first-order chi connectivity index (χ1) is 11.5. The third-order valence-corrected chi connectivity index (χ3v) is 3.22. The Kier molecular flexibility index (Phi) is 8.42. The van der Waals surface area contributed by atoms with Crippen LogP contribution in [0, 0.1) is 5.82 Å². The lowest BCUT2D eigenvalue weighted by Gasteiger charge is -2.08. The molecule has 0 aliphatic rings. The van der Waals surface area contributed by atoms with Crippen molar-refractivity contribution < 1.29 is 13.9 Å². The van der Waals surface area contributed by atoms with Gasteiger partial charge >= 0.3 is 0 Å². The minimum absolute atomic E-state index is 0. The number of hydrogen-bond acceptors (Lipinski definition) is 3. The van der Waals surface area contributed by atoms with E-state index in [4.69, 9.17) is 22.1 Å². The van der Waals surface area contributed by atoms with Crippen LogP contribution in [0.15, 0.2) is 47.5 Å². The molecule has 2 aromatic carbocycles. The van der Waals surface area contributed by atoms with E-state index in [1.165, 1.54) is 25.3 Å². The first-order valence-electron chi connectivity index (χ1n) is 6.94. The fourth-order valence-corrected chi connectivity index (χ4v) is 2.11. The quantitative estimate of drug-likeness (QED) is 0.349. The molecule has 0 saturated heterocycles. The van der Waals surface area contributed by atoms with Gasteiger partial charge in [0.15, 0.2) is 5.96 Å². The summed E-state index contributed by atoms with van der Waals surface area (Å²) in [7, 11) is 1.52. The predicted molar refractivity (Wildman–Crippen MR) is 109 cm³/mol. The topological polar surface area (TPSA) is 88.7 Å². The number of methoxy groups -OCH3 is 1. The zero-order valence-corrected chi connectivity index (χ0v) is 16.3. The number of carbonyl (C=O) groups is 1. The molecule has 0 fully saturated rings. The molecule has 4 N–H and O–H groups in total. The van der Waals surface area contributed by atoms with Crippen molar-refractivity contribution in [3.05, 3.63) is 53.3 Å². The number of amides is 1. The zero-order valence-electron chi connectivity index (χ0n) is 13.3. The van der Waals surface area contributed by atoms with Gasteiger partial charge in [-0.3, -0.25) is 4.79 Å². The van der Waals surface area contributed by atoms with Crippen LogP contribution < -0.4 is 21.1 Å². The molecule has 9 heteroatoms. The smallest absolute Gasteiger partial charge is 0.246 e. The molecule has 1 amide bonds. The molecule has 0 unspecified atom stereocenters. The number of nitrogens with zero attached hydrogens (tertiary/aromatic N) is 1. The van der Waals surface area contributed by atoms with Crippen LogP contribution in [0.1, 0.15) is 0 Å². The summed E-state index contributed by atoms with van der Waals surface area (Å²) in [4.78, 5) is 15.7. The Morgan fingerprint density at radius 3 is 2.60 bits per heavy atom. The maximum absolute atomic E-state index is 13.0. The summed E-state index contributed by atoms with van der Waals surface area (Å²) in [6.45, 7) is -0.209. The van der Waals surface area contributed by atoms with Gasteiger partial charge in [0.2, 0.25) is 5.91 Å². The molecule has 0 spiro atoms. The lowest BCUT2D eigenvalue weighted by atomic mass is 10.3. The summed E-state index contributed by atoms with van der Waals surface area (Å²) in [5.74, 6) is -0.273. The van der Waals surface area contributed by atoms with Gasteiger partial charge in [0.1, 0.15) is 18.1 Å². The number of benzene rings is 2. The van der Waals surface area contributed by atoms with Crippen molar-refractivity contribution in [2.45, 2.75) is 0 Å². The fraction of sp³-hybridized carbons (Fsp3) is 0.125. The molecular weight excluding hydrogens is 462 g/mol. The van der Waals surface area contributed by atoms with Gasteiger partial charge in [-0.2, -0.15) is 0 Å². The number of guanidine groups is 1. The standard InChI is InChI=1S/C16H16ClFN4O2.HI/c1-24-14-6-5-12(8-13(14)17)22-16(19)20-9-15(23)21-11-4-2-3-10(18)7-11;/h2-8H,9H2,1H3,(H,21,23)(H3,19,20,22);1H. The van der Waals surface area contributed by atoms with Gasteiger partial charge in [0.25, 0.3) is 0 Å². The van der Waals surface area contributed by atoms with E-state index >= 15 is 0 Å². The normalized spacial score (nSPS) is 10.6. The number of nitrogens with two attached hydrogens (primary N) is 1. The van der Waals surface area contributed by atoms with Crippen molar-refractivity contribution in [2.75, 3.05) is 24.3 Å². The second-order valence-corrected chi connectivity index (χ2v) is 5.14. The maximum atomic E-state index is 13.0. The number of rotatable bonds is 5. The highest BCUT2D eigenvalue weighted by Crippen LogP contribution is 2.26. The lowest BCUT2D eigenvalue weighted by Crippen LogP contribution is -2.25. The summed E-state index contributed by atoms with van der Waals surface area (Å²) >= 11 is 6.00. The van der Waals surface area contributed by atoms with E-state index in [-0.39, 0.29) is 36.5 Å². The molecule has 0 heterocycles. The summed E-state index contributed by atoms with van der Waals surface area (Å²) in [5, 5.41) is 5.75. The number of anilines is 2. The lowest BCUT2D eigenvalue weighted by molar-refractivity contribution is -0.114. The number of ether oxygens (including phenoxy) is 1. The molecular formula is C16H17ClFIN4O2. The van der Waals surface area contributed by atoms with E-state index < -0.39 is 11.7 Å². The van der Waals surface area contributed by atoms with Crippen LogP contribution in [0.25, 0.3) is 0 Å². The van der Waals surface area contributed by atoms with Crippen molar-refractivity contribution in [1.82, 2.24) is 0 Å². The number of aliphatic imine (C=N–C) groups is 1. The van der Waals surface area contributed by atoms with E-state index in [0.29, 0.717) is 22.1 Å². The van der Waals surface area contributed by atoms with Crippen LogP contribution in [0.5, 0.6) is 5.75 Å². The average Bonchev–Trinajstić information content (AvgIpc) is 2.53. The highest BCUT2D eigenvalue weighted by atomic mass is 127. The van der Waals surface area contributed by atoms with Gasteiger partial charge in [0, 0.05) is 11.4 Å². The Bertz CT molecular complexity index is 774. The first kappa shape index (κ1) is 21.0. The first-order valence-corrected chi connectivity index (χ1v) is 7.31. The molecule has 0 aliphatic carbocycles.